The first-order valence-electron chi connectivity index (χ1n) is 7.35. The molecule has 0 atom stereocenters. The topological polar surface area (TPSA) is 38.9 Å². The summed E-state index contributed by atoms with van der Waals surface area (Å²) in [5, 5.41) is 1.21. The highest BCUT2D eigenvalue weighted by molar-refractivity contribution is 7.11. The zero-order valence-electron chi connectivity index (χ0n) is 11.1. The lowest BCUT2D eigenvalue weighted by Crippen LogP contribution is -2.49. The van der Waals surface area contributed by atoms with E-state index in [0.29, 0.717) is 12.0 Å². The fraction of sp³-hybridized carbons (Fsp3) is 0.800. The maximum Gasteiger partial charge on any atom is 0.0900 e. The summed E-state index contributed by atoms with van der Waals surface area (Å²) in [4.78, 5) is 6.28. The van der Waals surface area contributed by atoms with E-state index in [4.69, 9.17) is 10.7 Å². The van der Waals surface area contributed by atoms with Gasteiger partial charge >= 0.3 is 0 Å². The van der Waals surface area contributed by atoms with Gasteiger partial charge in [-0.05, 0) is 63.2 Å². The smallest absolute Gasteiger partial charge is 0.0900 e. The van der Waals surface area contributed by atoms with E-state index in [1.165, 1.54) is 54.1 Å². The molecule has 18 heavy (non-hydrogen) atoms. The third-order valence-electron chi connectivity index (χ3n) is 5.53. The van der Waals surface area contributed by atoms with Gasteiger partial charge in [-0.3, -0.25) is 0 Å². The summed E-state index contributed by atoms with van der Waals surface area (Å²) in [6, 6.07) is 0. The Morgan fingerprint density at radius 2 is 1.72 bits per heavy atom. The molecule has 1 aromatic heterocycles. The normalized spacial score (nSPS) is 41.6. The molecule has 98 valence electrons. The fourth-order valence-electron chi connectivity index (χ4n) is 5.42. The van der Waals surface area contributed by atoms with Crippen LogP contribution in [0.3, 0.4) is 0 Å². The van der Waals surface area contributed by atoms with Gasteiger partial charge in [0.15, 0.2) is 0 Å². The summed E-state index contributed by atoms with van der Waals surface area (Å²) in [6.07, 6.45) is 8.69. The van der Waals surface area contributed by atoms with Crippen LogP contribution in [-0.2, 0) is 12.0 Å². The molecule has 0 saturated heterocycles. The second kappa shape index (κ2) is 3.80. The Hall–Kier alpha value is -0.410. The van der Waals surface area contributed by atoms with Crippen molar-refractivity contribution >= 4 is 11.3 Å². The summed E-state index contributed by atoms with van der Waals surface area (Å²) < 4.78 is 0. The number of rotatable bonds is 2. The highest BCUT2D eigenvalue weighted by Gasteiger charge is 2.53. The quantitative estimate of drug-likeness (QED) is 0.887. The summed E-state index contributed by atoms with van der Waals surface area (Å²) in [5.41, 5.74) is 7.79. The zero-order chi connectivity index (χ0) is 12.3. The molecule has 2 N–H and O–H groups in total. The van der Waals surface area contributed by atoms with Gasteiger partial charge in [0.05, 0.1) is 10.7 Å². The molecule has 4 aliphatic carbocycles. The van der Waals surface area contributed by atoms with Gasteiger partial charge in [0.2, 0.25) is 0 Å². The second-order valence-electron chi connectivity index (χ2n) is 6.91. The second-order valence-corrected chi connectivity index (χ2v) is 8.19. The van der Waals surface area contributed by atoms with E-state index < -0.39 is 0 Å². The lowest BCUT2D eigenvalue weighted by Gasteiger charge is -2.56. The van der Waals surface area contributed by atoms with Crippen molar-refractivity contribution in [1.82, 2.24) is 4.98 Å². The molecule has 4 bridgehead atoms. The van der Waals surface area contributed by atoms with E-state index in [2.05, 4.69) is 6.92 Å². The molecule has 5 rings (SSSR count). The van der Waals surface area contributed by atoms with Gasteiger partial charge in [-0.1, -0.05) is 0 Å². The van der Waals surface area contributed by atoms with Gasteiger partial charge in [0.25, 0.3) is 0 Å². The standard InChI is InChI=1S/C15H22N2S/c1-9-17-14(13(8-16)18-9)15-5-10-2-11(6-15)4-12(3-10)7-15/h10-12H,2-8,16H2,1H3. The van der Waals surface area contributed by atoms with Crippen LogP contribution < -0.4 is 5.73 Å². The Morgan fingerprint density at radius 3 is 2.22 bits per heavy atom. The zero-order valence-corrected chi connectivity index (χ0v) is 11.9. The van der Waals surface area contributed by atoms with Crippen molar-refractivity contribution < 1.29 is 0 Å². The number of hydrogen-bond donors (Lipinski definition) is 1. The van der Waals surface area contributed by atoms with Crippen molar-refractivity contribution in [1.29, 1.82) is 0 Å². The SMILES string of the molecule is Cc1nc(C23CC4CC(CC(C4)C2)C3)c(CN)s1. The van der Waals surface area contributed by atoms with Gasteiger partial charge in [-0.25, -0.2) is 4.98 Å². The van der Waals surface area contributed by atoms with Crippen molar-refractivity contribution in [3.63, 3.8) is 0 Å². The van der Waals surface area contributed by atoms with Crippen molar-refractivity contribution in [2.45, 2.75) is 57.4 Å². The number of thiazole rings is 1. The van der Waals surface area contributed by atoms with Crippen LogP contribution in [0.5, 0.6) is 0 Å². The van der Waals surface area contributed by atoms with Crippen LogP contribution in [-0.4, -0.2) is 4.98 Å². The van der Waals surface area contributed by atoms with Crippen LogP contribution in [0.4, 0.5) is 0 Å². The highest BCUT2D eigenvalue weighted by Crippen LogP contribution is 2.61. The van der Waals surface area contributed by atoms with E-state index in [1.807, 2.05) is 11.3 Å². The predicted molar refractivity (Wildman–Crippen MR) is 74.6 cm³/mol. The first kappa shape index (κ1) is 11.4. The molecule has 2 nitrogen and oxygen atoms in total. The van der Waals surface area contributed by atoms with Crippen LogP contribution in [0.15, 0.2) is 0 Å². The monoisotopic (exact) mass is 262 g/mol. The van der Waals surface area contributed by atoms with Crippen molar-refractivity contribution in [2.75, 3.05) is 0 Å². The minimum absolute atomic E-state index is 0.425. The van der Waals surface area contributed by atoms with E-state index in [1.54, 1.807) is 0 Å². The minimum Gasteiger partial charge on any atom is -0.326 e. The largest absolute Gasteiger partial charge is 0.326 e. The van der Waals surface area contributed by atoms with Crippen LogP contribution in [0.1, 0.15) is 54.1 Å². The average molecular weight is 262 g/mol. The third-order valence-corrected chi connectivity index (χ3v) is 6.52. The van der Waals surface area contributed by atoms with Crippen LogP contribution in [0.25, 0.3) is 0 Å². The number of nitrogens with zero attached hydrogens (tertiary/aromatic N) is 1. The van der Waals surface area contributed by atoms with Gasteiger partial charge in [-0.2, -0.15) is 0 Å². The predicted octanol–water partition coefficient (Wildman–Crippen LogP) is 3.38. The summed E-state index contributed by atoms with van der Waals surface area (Å²) in [7, 11) is 0. The van der Waals surface area contributed by atoms with Gasteiger partial charge in [0, 0.05) is 16.8 Å². The van der Waals surface area contributed by atoms with Gasteiger partial charge in [-0.15, -0.1) is 11.3 Å². The first-order chi connectivity index (χ1) is 8.68. The van der Waals surface area contributed by atoms with Crippen molar-refractivity contribution in [3.05, 3.63) is 15.6 Å². The Morgan fingerprint density at radius 1 is 1.17 bits per heavy atom. The Kier molecular flexibility index (Phi) is 2.41. The van der Waals surface area contributed by atoms with E-state index in [0.717, 1.165) is 17.8 Å². The van der Waals surface area contributed by atoms with E-state index in [-0.39, 0.29) is 0 Å². The van der Waals surface area contributed by atoms with Gasteiger partial charge in [0.1, 0.15) is 0 Å². The molecule has 4 aliphatic rings. The third kappa shape index (κ3) is 1.53. The molecule has 0 radical (unpaired) electrons. The average Bonchev–Trinajstić information content (AvgIpc) is 2.69. The van der Waals surface area contributed by atoms with E-state index in [9.17, 15) is 0 Å². The molecule has 1 aromatic rings. The van der Waals surface area contributed by atoms with Crippen molar-refractivity contribution in [3.8, 4) is 0 Å². The lowest BCUT2D eigenvalue weighted by molar-refractivity contribution is -0.00734. The number of hydrogen-bond acceptors (Lipinski definition) is 3. The molecular formula is C15H22N2S. The molecule has 0 unspecified atom stereocenters. The Bertz CT molecular complexity index is 442. The van der Waals surface area contributed by atoms with Crippen molar-refractivity contribution in [2.24, 2.45) is 23.5 Å². The number of aromatic nitrogens is 1. The fourth-order valence-corrected chi connectivity index (χ4v) is 6.36. The molecule has 4 fully saturated rings. The molecule has 0 aromatic carbocycles. The Labute approximate surface area is 113 Å². The van der Waals surface area contributed by atoms with Gasteiger partial charge < -0.3 is 5.73 Å². The molecule has 1 heterocycles. The molecular weight excluding hydrogens is 240 g/mol. The summed E-state index contributed by atoms with van der Waals surface area (Å²) >= 11 is 1.83. The number of nitrogens with two attached hydrogens (primary N) is 1. The first-order valence-corrected chi connectivity index (χ1v) is 8.17. The van der Waals surface area contributed by atoms with Crippen LogP contribution in [0.2, 0.25) is 0 Å². The highest BCUT2D eigenvalue weighted by atomic mass is 32.1. The maximum absolute atomic E-state index is 5.95. The van der Waals surface area contributed by atoms with Crippen LogP contribution in [0, 0.1) is 24.7 Å². The molecule has 0 amide bonds. The summed E-state index contributed by atoms with van der Waals surface area (Å²) in [6.45, 7) is 2.82. The summed E-state index contributed by atoms with van der Waals surface area (Å²) in [5.74, 6) is 2.97. The maximum atomic E-state index is 5.95. The van der Waals surface area contributed by atoms with E-state index >= 15 is 0 Å². The molecule has 0 aliphatic heterocycles. The van der Waals surface area contributed by atoms with Crippen LogP contribution >= 0.6 is 11.3 Å². The minimum atomic E-state index is 0.425. The molecule has 0 spiro atoms. The number of aryl methyl sites for hydroxylation is 1. The molecule has 3 heteroatoms. The lowest BCUT2D eigenvalue weighted by atomic mass is 9.48. The molecule has 4 saturated carbocycles. The Balaban J connectivity index is 1.78.